The number of hydrogen-bond acceptors (Lipinski definition) is 4. The monoisotopic (exact) mass is 400 g/mol. The van der Waals surface area contributed by atoms with Gasteiger partial charge in [-0.1, -0.05) is 24.3 Å². The van der Waals surface area contributed by atoms with E-state index >= 15 is 0 Å². The van der Waals surface area contributed by atoms with Gasteiger partial charge in [-0.2, -0.15) is 4.31 Å². The Bertz CT molecular complexity index is 951. The van der Waals surface area contributed by atoms with Crippen LogP contribution in [-0.2, 0) is 21.2 Å². The molecule has 1 fully saturated rings. The summed E-state index contributed by atoms with van der Waals surface area (Å²) in [6.07, 6.45) is 2.99. The second-order valence-electron chi connectivity index (χ2n) is 7.16. The molecule has 1 heterocycles. The topological polar surface area (TPSA) is 75.7 Å². The minimum Gasteiger partial charge on any atom is -0.379 e. The molecule has 0 saturated carbocycles. The van der Waals surface area contributed by atoms with Crippen LogP contribution < -0.4 is 5.32 Å². The predicted molar refractivity (Wildman–Crippen MR) is 106 cm³/mol. The number of hydrogen-bond donors (Lipinski definition) is 1. The van der Waals surface area contributed by atoms with E-state index in [4.69, 9.17) is 4.74 Å². The van der Waals surface area contributed by atoms with E-state index in [1.54, 1.807) is 12.1 Å². The first-order chi connectivity index (χ1) is 13.6. The van der Waals surface area contributed by atoms with Crippen LogP contribution in [0.1, 0.15) is 40.4 Å². The van der Waals surface area contributed by atoms with Crippen molar-refractivity contribution in [2.24, 2.45) is 0 Å². The largest absolute Gasteiger partial charge is 0.379 e. The molecule has 1 amide bonds. The second kappa shape index (κ2) is 8.03. The molecule has 148 valence electrons. The van der Waals surface area contributed by atoms with E-state index in [1.807, 2.05) is 12.1 Å². The molecule has 0 unspecified atom stereocenters. The van der Waals surface area contributed by atoms with Crippen LogP contribution in [0, 0.1) is 0 Å². The highest BCUT2D eigenvalue weighted by molar-refractivity contribution is 7.89. The minimum absolute atomic E-state index is 0.00536. The van der Waals surface area contributed by atoms with Gasteiger partial charge in [0.15, 0.2) is 0 Å². The lowest BCUT2D eigenvalue weighted by Crippen LogP contribution is -2.40. The molecule has 7 heteroatoms. The number of aryl methyl sites for hydroxylation is 1. The van der Waals surface area contributed by atoms with Gasteiger partial charge in [-0.05, 0) is 54.7 Å². The number of amides is 1. The van der Waals surface area contributed by atoms with E-state index in [9.17, 15) is 13.2 Å². The molecule has 0 radical (unpaired) electrons. The quantitative estimate of drug-likeness (QED) is 0.856. The Labute approximate surface area is 165 Å². The number of ether oxygens (including phenoxy) is 1. The van der Waals surface area contributed by atoms with Crippen LogP contribution >= 0.6 is 0 Å². The number of rotatable bonds is 4. The lowest BCUT2D eigenvalue weighted by atomic mass is 9.87. The number of sulfonamides is 1. The summed E-state index contributed by atoms with van der Waals surface area (Å²) in [6.45, 7) is 1.52. The number of nitrogens with one attached hydrogen (secondary N) is 1. The van der Waals surface area contributed by atoms with Gasteiger partial charge in [0.2, 0.25) is 10.0 Å². The molecule has 0 spiro atoms. The fourth-order valence-electron chi connectivity index (χ4n) is 3.86. The molecule has 2 aliphatic rings. The Morgan fingerprint density at radius 2 is 1.75 bits per heavy atom. The standard InChI is InChI=1S/C21H24N2O4S/c24-21(22-20-7-3-5-16-4-1-2-6-19(16)20)17-8-10-18(11-9-17)28(25,26)23-12-14-27-15-13-23/h1-2,4,6,8-11,20H,3,5,7,12-15H2,(H,22,24)/t20-/m1/s1. The Morgan fingerprint density at radius 1 is 1.04 bits per heavy atom. The third-order valence-electron chi connectivity index (χ3n) is 5.40. The summed E-state index contributed by atoms with van der Waals surface area (Å²) in [7, 11) is -3.55. The molecule has 2 aromatic carbocycles. The summed E-state index contributed by atoms with van der Waals surface area (Å²) in [5.74, 6) is -0.183. The van der Waals surface area contributed by atoms with E-state index in [2.05, 4.69) is 17.4 Å². The van der Waals surface area contributed by atoms with Crippen molar-refractivity contribution in [2.45, 2.75) is 30.2 Å². The molecule has 1 saturated heterocycles. The average molecular weight is 401 g/mol. The summed E-state index contributed by atoms with van der Waals surface area (Å²) in [6, 6.07) is 14.4. The molecule has 6 nitrogen and oxygen atoms in total. The van der Waals surface area contributed by atoms with Crippen LogP contribution in [0.15, 0.2) is 53.4 Å². The lowest BCUT2D eigenvalue weighted by molar-refractivity contribution is 0.0730. The van der Waals surface area contributed by atoms with Crippen molar-refractivity contribution in [1.29, 1.82) is 0 Å². The van der Waals surface area contributed by atoms with Crippen molar-refractivity contribution in [2.75, 3.05) is 26.3 Å². The highest BCUT2D eigenvalue weighted by Crippen LogP contribution is 2.29. The number of benzene rings is 2. The smallest absolute Gasteiger partial charge is 0.251 e. The van der Waals surface area contributed by atoms with Crippen molar-refractivity contribution < 1.29 is 17.9 Å². The van der Waals surface area contributed by atoms with Gasteiger partial charge >= 0.3 is 0 Å². The molecule has 28 heavy (non-hydrogen) atoms. The molecular weight excluding hydrogens is 376 g/mol. The number of morpholine rings is 1. The summed E-state index contributed by atoms with van der Waals surface area (Å²) in [4.78, 5) is 12.9. The van der Waals surface area contributed by atoms with E-state index in [-0.39, 0.29) is 16.8 Å². The first-order valence-corrected chi connectivity index (χ1v) is 11.1. The number of nitrogens with zero attached hydrogens (tertiary/aromatic N) is 1. The summed E-state index contributed by atoms with van der Waals surface area (Å²) in [5, 5.41) is 3.10. The summed E-state index contributed by atoms with van der Waals surface area (Å²) >= 11 is 0. The van der Waals surface area contributed by atoms with E-state index in [0.717, 1.165) is 19.3 Å². The molecule has 4 rings (SSSR count). The van der Waals surface area contributed by atoms with Crippen molar-refractivity contribution in [3.8, 4) is 0 Å². The predicted octanol–water partition coefficient (Wildman–Crippen LogP) is 2.51. The maximum absolute atomic E-state index is 12.7. The van der Waals surface area contributed by atoms with E-state index < -0.39 is 10.0 Å². The van der Waals surface area contributed by atoms with Crippen LogP contribution in [-0.4, -0.2) is 44.9 Å². The molecule has 2 aromatic rings. The first kappa shape index (κ1) is 19.1. The molecule has 1 aliphatic carbocycles. The van der Waals surface area contributed by atoms with Gasteiger partial charge in [-0.25, -0.2) is 8.42 Å². The van der Waals surface area contributed by atoms with Crippen molar-refractivity contribution in [1.82, 2.24) is 9.62 Å². The SMILES string of the molecule is O=C(N[C@@H]1CCCc2ccccc21)c1ccc(S(=O)(=O)N2CCOCC2)cc1. The van der Waals surface area contributed by atoms with Gasteiger partial charge in [-0.3, -0.25) is 4.79 Å². The summed E-state index contributed by atoms with van der Waals surface area (Å²) in [5.41, 5.74) is 2.92. The molecule has 0 bridgehead atoms. The lowest BCUT2D eigenvalue weighted by Gasteiger charge is -2.27. The van der Waals surface area contributed by atoms with Crippen LogP contribution in [0.25, 0.3) is 0 Å². The van der Waals surface area contributed by atoms with Gasteiger partial charge in [0, 0.05) is 18.7 Å². The molecule has 1 atom stereocenters. The molecular formula is C21H24N2O4S. The maximum atomic E-state index is 12.7. The first-order valence-electron chi connectivity index (χ1n) is 9.62. The van der Waals surface area contributed by atoms with Gasteiger partial charge in [0.25, 0.3) is 5.91 Å². The van der Waals surface area contributed by atoms with Crippen LogP contribution in [0.4, 0.5) is 0 Å². The van der Waals surface area contributed by atoms with Crippen LogP contribution in [0.2, 0.25) is 0 Å². The third-order valence-corrected chi connectivity index (χ3v) is 7.31. The Hall–Kier alpha value is -2.22. The minimum atomic E-state index is -3.55. The van der Waals surface area contributed by atoms with Crippen molar-refractivity contribution >= 4 is 15.9 Å². The number of fused-ring (bicyclic) bond motifs is 1. The zero-order valence-electron chi connectivity index (χ0n) is 15.6. The van der Waals surface area contributed by atoms with Gasteiger partial charge < -0.3 is 10.1 Å². The van der Waals surface area contributed by atoms with Crippen molar-refractivity contribution in [3.05, 3.63) is 65.2 Å². The van der Waals surface area contributed by atoms with Crippen molar-refractivity contribution in [3.63, 3.8) is 0 Å². The Morgan fingerprint density at radius 3 is 2.50 bits per heavy atom. The van der Waals surface area contributed by atoms with E-state index in [1.165, 1.54) is 27.6 Å². The molecule has 1 N–H and O–H groups in total. The highest BCUT2D eigenvalue weighted by Gasteiger charge is 2.27. The second-order valence-corrected chi connectivity index (χ2v) is 9.10. The number of carbonyl (C=O) groups excluding carboxylic acids is 1. The maximum Gasteiger partial charge on any atom is 0.251 e. The van der Waals surface area contributed by atoms with Crippen LogP contribution in [0.3, 0.4) is 0 Å². The van der Waals surface area contributed by atoms with Crippen LogP contribution in [0.5, 0.6) is 0 Å². The normalized spacial score (nSPS) is 20.4. The van der Waals surface area contributed by atoms with Gasteiger partial charge in [0.1, 0.15) is 0 Å². The Kier molecular flexibility index (Phi) is 5.48. The highest BCUT2D eigenvalue weighted by atomic mass is 32.2. The summed E-state index contributed by atoms with van der Waals surface area (Å²) < 4.78 is 32.0. The molecule has 0 aromatic heterocycles. The fraction of sp³-hybridized carbons (Fsp3) is 0.381. The Balaban J connectivity index is 1.48. The van der Waals surface area contributed by atoms with Gasteiger partial charge in [0.05, 0.1) is 24.2 Å². The average Bonchev–Trinajstić information content (AvgIpc) is 2.75. The van der Waals surface area contributed by atoms with Gasteiger partial charge in [-0.15, -0.1) is 0 Å². The number of carbonyl (C=O) groups is 1. The zero-order valence-corrected chi connectivity index (χ0v) is 16.5. The molecule has 1 aliphatic heterocycles. The fourth-order valence-corrected chi connectivity index (χ4v) is 5.27. The zero-order chi connectivity index (χ0) is 19.6. The van der Waals surface area contributed by atoms with E-state index in [0.29, 0.717) is 31.9 Å². The third kappa shape index (κ3) is 3.83.